The molecule has 0 amide bonds. The summed E-state index contributed by atoms with van der Waals surface area (Å²) >= 11 is 0. The fourth-order valence-corrected chi connectivity index (χ4v) is 3.42. The van der Waals surface area contributed by atoms with E-state index in [-0.39, 0.29) is 13.2 Å². The van der Waals surface area contributed by atoms with Crippen LogP contribution in [0.25, 0.3) is 0 Å². The molecule has 0 saturated carbocycles. The maximum atomic E-state index is 11.0. The van der Waals surface area contributed by atoms with Crippen molar-refractivity contribution in [2.75, 3.05) is 13.2 Å². The molecule has 0 spiro atoms. The molecule has 0 heterocycles. The molecule has 0 unspecified atom stereocenters. The molecular formula is C25H50O4. The summed E-state index contributed by atoms with van der Waals surface area (Å²) in [6.07, 6.45) is 24.4. The van der Waals surface area contributed by atoms with Gasteiger partial charge in [0.15, 0.2) is 0 Å². The highest BCUT2D eigenvalue weighted by Crippen LogP contribution is 2.19. The molecule has 0 aliphatic carbocycles. The van der Waals surface area contributed by atoms with Crippen LogP contribution in [0.1, 0.15) is 129 Å². The van der Waals surface area contributed by atoms with Gasteiger partial charge in [0.05, 0.1) is 13.2 Å². The molecule has 0 fully saturated rings. The van der Waals surface area contributed by atoms with E-state index in [1.165, 1.54) is 96.0 Å². The monoisotopic (exact) mass is 414 g/mol. The number of carbonyl (C=O) groups is 1. The number of aliphatic hydroxyl groups excluding tert-OH is 2. The van der Waals surface area contributed by atoms with Crippen molar-refractivity contribution in [1.82, 2.24) is 0 Å². The molecule has 0 atom stereocenters. The van der Waals surface area contributed by atoms with Crippen molar-refractivity contribution in [2.45, 2.75) is 129 Å². The lowest BCUT2D eigenvalue weighted by molar-refractivity contribution is -0.131. The number of allylic oxidation sites excluding steroid dienone is 1. The summed E-state index contributed by atoms with van der Waals surface area (Å²) in [5.74, 6) is -0.769. The Kier molecular flexibility index (Phi) is 28.4. The average Bonchev–Trinajstić information content (AvgIpc) is 2.71. The molecule has 174 valence electrons. The Morgan fingerprint density at radius 2 is 0.897 bits per heavy atom. The van der Waals surface area contributed by atoms with Gasteiger partial charge in [-0.3, -0.25) is 0 Å². The van der Waals surface area contributed by atoms with Gasteiger partial charge in [-0.25, -0.2) is 4.79 Å². The predicted molar refractivity (Wildman–Crippen MR) is 124 cm³/mol. The van der Waals surface area contributed by atoms with Gasteiger partial charge in [0.2, 0.25) is 0 Å². The average molecular weight is 415 g/mol. The fourth-order valence-electron chi connectivity index (χ4n) is 3.42. The van der Waals surface area contributed by atoms with Crippen molar-refractivity contribution in [3.05, 3.63) is 11.6 Å². The maximum Gasteiger partial charge on any atom is 0.328 e. The minimum atomic E-state index is -0.769. The van der Waals surface area contributed by atoms with E-state index in [1.54, 1.807) is 0 Å². The number of aliphatic hydroxyl groups is 2. The van der Waals surface area contributed by atoms with Crippen LogP contribution in [0.15, 0.2) is 11.6 Å². The number of carboxylic acids is 1. The SMILES string of the molecule is CCCCCCCCCCC(=CC(=O)O)CCCCCCCCCC.OCCO. The molecule has 0 aromatic heterocycles. The first-order valence-electron chi connectivity index (χ1n) is 12.3. The standard InChI is InChI=1S/C23H44O2.C2H6O2/c1-3-5-7-9-11-13-15-17-19-22(21-23(24)25)20-18-16-14-12-10-8-6-4-2;3-1-2-4/h21H,3-20H2,1-2H3,(H,24,25);3-4H,1-2H2. The molecule has 29 heavy (non-hydrogen) atoms. The van der Waals surface area contributed by atoms with E-state index in [0.717, 1.165) is 31.3 Å². The second-order valence-corrected chi connectivity index (χ2v) is 8.04. The highest BCUT2D eigenvalue weighted by molar-refractivity contribution is 5.80. The summed E-state index contributed by atoms with van der Waals surface area (Å²) in [4.78, 5) is 11.0. The number of unbranched alkanes of at least 4 members (excludes halogenated alkanes) is 14. The van der Waals surface area contributed by atoms with Gasteiger partial charge in [-0.1, -0.05) is 109 Å². The van der Waals surface area contributed by atoms with Crippen LogP contribution in [0.5, 0.6) is 0 Å². The summed E-state index contributed by atoms with van der Waals surface area (Å²) in [5.41, 5.74) is 1.16. The van der Waals surface area contributed by atoms with Gasteiger partial charge in [-0.05, 0) is 25.7 Å². The smallest absolute Gasteiger partial charge is 0.328 e. The largest absolute Gasteiger partial charge is 0.478 e. The molecule has 4 heteroatoms. The van der Waals surface area contributed by atoms with Gasteiger partial charge in [0, 0.05) is 6.08 Å². The maximum absolute atomic E-state index is 11.0. The molecule has 0 aromatic rings. The lowest BCUT2D eigenvalue weighted by Crippen LogP contribution is -1.94. The van der Waals surface area contributed by atoms with Gasteiger partial charge in [-0.2, -0.15) is 0 Å². The van der Waals surface area contributed by atoms with Crippen LogP contribution in [-0.2, 0) is 4.79 Å². The molecule has 0 saturated heterocycles. The minimum absolute atomic E-state index is 0.125. The van der Waals surface area contributed by atoms with E-state index < -0.39 is 5.97 Å². The summed E-state index contributed by atoms with van der Waals surface area (Å²) in [7, 11) is 0. The number of hydrogen-bond donors (Lipinski definition) is 3. The van der Waals surface area contributed by atoms with Crippen LogP contribution >= 0.6 is 0 Å². The first-order chi connectivity index (χ1) is 14.1. The molecule has 4 nitrogen and oxygen atoms in total. The Labute approximate surface area is 180 Å². The van der Waals surface area contributed by atoms with E-state index in [4.69, 9.17) is 15.3 Å². The normalized spacial score (nSPS) is 10.3. The van der Waals surface area contributed by atoms with E-state index in [9.17, 15) is 4.79 Å². The quantitative estimate of drug-likeness (QED) is 0.148. The van der Waals surface area contributed by atoms with E-state index in [2.05, 4.69) is 13.8 Å². The Morgan fingerprint density at radius 3 is 1.17 bits per heavy atom. The molecule has 0 aliphatic rings. The van der Waals surface area contributed by atoms with Crippen molar-refractivity contribution in [3.8, 4) is 0 Å². The molecular weight excluding hydrogens is 364 g/mol. The van der Waals surface area contributed by atoms with Gasteiger partial charge >= 0.3 is 5.97 Å². The number of rotatable bonds is 20. The lowest BCUT2D eigenvalue weighted by Gasteiger charge is -2.07. The number of carboxylic acid groups (broad SMARTS) is 1. The van der Waals surface area contributed by atoms with Crippen molar-refractivity contribution >= 4 is 5.97 Å². The predicted octanol–water partition coefficient (Wildman–Crippen LogP) is 7.03. The zero-order chi connectivity index (χ0) is 22.0. The molecule has 3 N–H and O–H groups in total. The first-order valence-corrected chi connectivity index (χ1v) is 12.3. The van der Waals surface area contributed by atoms with Crippen molar-refractivity contribution < 1.29 is 20.1 Å². The third kappa shape index (κ3) is 29.4. The minimum Gasteiger partial charge on any atom is -0.478 e. The third-order valence-corrected chi connectivity index (χ3v) is 5.13. The summed E-state index contributed by atoms with van der Waals surface area (Å²) in [6.45, 7) is 4.26. The van der Waals surface area contributed by atoms with Gasteiger partial charge in [0.25, 0.3) is 0 Å². The van der Waals surface area contributed by atoms with Crippen molar-refractivity contribution in [3.63, 3.8) is 0 Å². The van der Waals surface area contributed by atoms with Crippen molar-refractivity contribution in [2.24, 2.45) is 0 Å². The lowest BCUT2D eigenvalue weighted by atomic mass is 9.99. The van der Waals surface area contributed by atoms with Crippen LogP contribution in [0, 0.1) is 0 Å². The van der Waals surface area contributed by atoms with Crippen LogP contribution in [0.2, 0.25) is 0 Å². The Hall–Kier alpha value is -0.870. The highest BCUT2D eigenvalue weighted by atomic mass is 16.4. The van der Waals surface area contributed by atoms with Crippen molar-refractivity contribution in [1.29, 1.82) is 0 Å². The molecule has 0 bridgehead atoms. The molecule has 0 radical (unpaired) electrons. The Morgan fingerprint density at radius 1 is 0.586 bits per heavy atom. The molecule has 0 rings (SSSR count). The third-order valence-electron chi connectivity index (χ3n) is 5.13. The summed E-state index contributed by atoms with van der Waals surface area (Å²) in [6, 6.07) is 0. The van der Waals surface area contributed by atoms with Crippen LogP contribution in [0.3, 0.4) is 0 Å². The van der Waals surface area contributed by atoms with Crippen LogP contribution in [-0.4, -0.2) is 34.5 Å². The molecule has 0 aromatic carbocycles. The first kappa shape index (κ1) is 30.3. The Balaban J connectivity index is 0. The Bertz CT molecular complexity index is 329. The van der Waals surface area contributed by atoms with E-state index in [1.807, 2.05) is 0 Å². The second-order valence-electron chi connectivity index (χ2n) is 8.04. The van der Waals surface area contributed by atoms with Crippen LogP contribution < -0.4 is 0 Å². The zero-order valence-corrected chi connectivity index (χ0v) is 19.5. The molecule has 0 aliphatic heterocycles. The summed E-state index contributed by atoms with van der Waals surface area (Å²) < 4.78 is 0. The van der Waals surface area contributed by atoms with E-state index >= 15 is 0 Å². The second kappa shape index (κ2) is 27.1. The van der Waals surface area contributed by atoms with E-state index in [0.29, 0.717) is 0 Å². The van der Waals surface area contributed by atoms with Gasteiger partial charge < -0.3 is 15.3 Å². The van der Waals surface area contributed by atoms with Crippen LogP contribution in [0.4, 0.5) is 0 Å². The number of hydrogen-bond acceptors (Lipinski definition) is 3. The fraction of sp³-hybridized carbons (Fsp3) is 0.880. The highest BCUT2D eigenvalue weighted by Gasteiger charge is 2.02. The zero-order valence-electron chi connectivity index (χ0n) is 19.5. The van der Waals surface area contributed by atoms with Gasteiger partial charge in [-0.15, -0.1) is 0 Å². The van der Waals surface area contributed by atoms with Gasteiger partial charge in [0.1, 0.15) is 0 Å². The topological polar surface area (TPSA) is 77.8 Å². The summed E-state index contributed by atoms with van der Waals surface area (Å²) in [5, 5.41) is 24.3. The number of aliphatic carboxylic acids is 1.